The molecule has 2 N–H and O–H groups in total. The standard InChI is InChI=1S/C19H33NO4/c1-2-3-8-13-23-20-14-16-15(17-11-12-18(16)24-17)9-6-4-5-7-10-19(21)22/h14-15,17-18,20H,2-13H2,1H3,(H,21,22). The van der Waals surface area contributed by atoms with E-state index in [-0.39, 0.29) is 6.10 Å². The van der Waals surface area contributed by atoms with Gasteiger partial charge >= 0.3 is 5.97 Å². The molecule has 2 aliphatic heterocycles. The van der Waals surface area contributed by atoms with Crippen molar-refractivity contribution in [3.05, 3.63) is 11.8 Å². The molecule has 2 bridgehead atoms. The molecule has 3 atom stereocenters. The number of carboxylic acids is 1. The number of hydroxylamine groups is 1. The highest BCUT2D eigenvalue weighted by atomic mass is 16.6. The van der Waals surface area contributed by atoms with E-state index in [1.54, 1.807) is 0 Å². The van der Waals surface area contributed by atoms with Crippen molar-refractivity contribution in [1.82, 2.24) is 5.48 Å². The molecular weight excluding hydrogens is 306 g/mol. The van der Waals surface area contributed by atoms with Gasteiger partial charge in [0.15, 0.2) is 0 Å². The van der Waals surface area contributed by atoms with Gasteiger partial charge in [0.1, 0.15) is 0 Å². The molecule has 24 heavy (non-hydrogen) atoms. The van der Waals surface area contributed by atoms with Crippen LogP contribution in [0.2, 0.25) is 0 Å². The topological polar surface area (TPSA) is 67.8 Å². The monoisotopic (exact) mass is 339 g/mol. The number of unbranched alkanes of at least 4 members (excludes halogenated alkanes) is 5. The Kier molecular flexibility index (Phi) is 8.60. The number of hydrogen-bond donors (Lipinski definition) is 2. The Balaban J connectivity index is 1.66. The highest BCUT2D eigenvalue weighted by Crippen LogP contribution is 2.45. The average Bonchev–Trinajstić information content (AvgIpc) is 3.15. The van der Waals surface area contributed by atoms with Crippen LogP contribution in [0, 0.1) is 5.92 Å². The molecule has 0 aromatic rings. The number of aliphatic carboxylic acids is 1. The first-order valence-electron chi connectivity index (χ1n) is 9.67. The second kappa shape index (κ2) is 10.7. The van der Waals surface area contributed by atoms with Crippen LogP contribution in [0.15, 0.2) is 11.8 Å². The van der Waals surface area contributed by atoms with Crippen molar-refractivity contribution in [2.24, 2.45) is 5.92 Å². The van der Waals surface area contributed by atoms with E-state index >= 15 is 0 Å². The van der Waals surface area contributed by atoms with Crippen molar-refractivity contribution in [2.75, 3.05) is 6.61 Å². The molecule has 0 saturated carbocycles. The molecule has 0 aromatic carbocycles. The lowest BCUT2D eigenvalue weighted by Crippen LogP contribution is -2.21. The maximum atomic E-state index is 10.5. The SMILES string of the molecule is CCCCCONC=C1C2CCC(O2)C1CCCCCCC(=O)O. The molecule has 2 aliphatic rings. The van der Waals surface area contributed by atoms with Crippen LogP contribution < -0.4 is 5.48 Å². The number of carboxylic acid groups (broad SMARTS) is 1. The van der Waals surface area contributed by atoms with Gasteiger partial charge in [0, 0.05) is 18.5 Å². The van der Waals surface area contributed by atoms with E-state index < -0.39 is 5.97 Å². The summed E-state index contributed by atoms with van der Waals surface area (Å²) in [6.07, 6.45) is 14.0. The Hall–Kier alpha value is -1.07. The fourth-order valence-electron chi connectivity index (χ4n) is 3.80. The van der Waals surface area contributed by atoms with Crippen LogP contribution in [0.1, 0.15) is 77.6 Å². The number of hydrogen-bond acceptors (Lipinski definition) is 4. The van der Waals surface area contributed by atoms with E-state index in [4.69, 9.17) is 14.7 Å². The Bertz CT molecular complexity index is 410. The van der Waals surface area contributed by atoms with E-state index in [2.05, 4.69) is 12.4 Å². The van der Waals surface area contributed by atoms with Crippen LogP contribution >= 0.6 is 0 Å². The molecule has 138 valence electrons. The molecule has 0 spiro atoms. The fourth-order valence-corrected chi connectivity index (χ4v) is 3.80. The molecule has 2 fully saturated rings. The van der Waals surface area contributed by atoms with Crippen molar-refractivity contribution in [2.45, 2.75) is 89.8 Å². The third-order valence-corrected chi connectivity index (χ3v) is 5.12. The minimum atomic E-state index is -0.688. The number of nitrogens with one attached hydrogen (secondary N) is 1. The smallest absolute Gasteiger partial charge is 0.303 e. The Labute approximate surface area is 145 Å². The minimum absolute atomic E-state index is 0.277. The zero-order valence-electron chi connectivity index (χ0n) is 15.0. The molecular formula is C19H33NO4. The number of ether oxygens (including phenoxy) is 1. The maximum absolute atomic E-state index is 10.5. The molecule has 2 saturated heterocycles. The average molecular weight is 339 g/mol. The highest BCUT2D eigenvalue weighted by Gasteiger charge is 2.44. The van der Waals surface area contributed by atoms with E-state index in [0.29, 0.717) is 18.4 Å². The van der Waals surface area contributed by atoms with Gasteiger partial charge in [-0.2, -0.15) is 0 Å². The molecule has 3 unspecified atom stereocenters. The van der Waals surface area contributed by atoms with Gasteiger partial charge < -0.3 is 9.84 Å². The molecule has 2 heterocycles. The summed E-state index contributed by atoms with van der Waals surface area (Å²) in [7, 11) is 0. The van der Waals surface area contributed by atoms with Crippen molar-refractivity contribution >= 4 is 5.97 Å². The van der Waals surface area contributed by atoms with Crippen molar-refractivity contribution in [3.8, 4) is 0 Å². The summed E-state index contributed by atoms with van der Waals surface area (Å²) in [6, 6.07) is 0. The van der Waals surface area contributed by atoms with E-state index in [1.165, 1.54) is 24.8 Å². The largest absolute Gasteiger partial charge is 0.481 e. The summed E-state index contributed by atoms with van der Waals surface area (Å²) in [6.45, 7) is 2.94. The summed E-state index contributed by atoms with van der Waals surface area (Å²) < 4.78 is 6.06. The van der Waals surface area contributed by atoms with Gasteiger partial charge in [0.2, 0.25) is 0 Å². The zero-order valence-corrected chi connectivity index (χ0v) is 15.0. The molecule has 5 heteroatoms. The first-order chi connectivity index (χ1) is 11.7. The van der Waals surface area contributed by atoms with Gasteiger partial charge in [-0.1, -0.05) is 39.0 Å². The number of fused-ring (bicyclic) bond motifs is 2. The summed E-state index contributed by atoms with van der Waals surface area (Å²) in [4.78, 5) is 16.0. The number of carbonyl (C=O) groups is 1. The van der Waals surface area contributed by atoms with Crippen LogP contribution in [-0.2, 0) is 14.4 Å². The number of rotatable bonds is 13. The van der Waals surface area contributed by atoms with Gasteiger partial charge in [0.25, 0.3) is 0 Å². The third-order valence-electron chi connectivity index (χ3n) is 5.12. The lowest BCUT2D eigenvalue weighted by Gasteiger charge is -2.21. The van der Waals surface area contributed by atoms with Crippen molar-refractivity contribution in [1.29, 1.82) is 0 Å². The predicted molar refractivity (Wildman–Crippen MR) is 93.4 cm³/mol. The third kappa shape index (κ3) is 6.10. The predicted octanol–water partition coefficient (Wildman–Crippen LogP) is 4.18. The summed E-state index contributed by atoms with van der Waals surface area (Å²) in [5, 5.41) is 8.66. The van der Waals surface area contributed by atoms with Crippen molar-refractivity contribution < 1.29 is 19.5 Å². The van der Waals surface area contributed by atoms with Crippen LogP contribution in [0.25, 0.3) is 0 Å². The van der Waals surface area contributed by atoms with Gasteiger partial charge in [-0.25, -0.2) is 0 Å². The molecule has 5 nitrogen and oxygen atoms in total. The molecule has 0 amide bonds. The van der Waals surface area contributed by atoms with Gasteiger partial charge in [-0.05, 0) is 37.7 Å². The van der Waals surface area contributed by atoms with Gasteiger partial charge in [-0.15, -0.1) is 0 Å². The highest BCUT2D eigenvalue weighted by molar-refractivity contribution is 5.66. The maximum Gasteiger partial charge on any atom is 0.303 e. The van der Waals surface area contributed by atoms with Gasteiger partial charge in [0.05, 0.1) is 18.8 Å². The second-order valence-corrected chi connectivity index (χ2v) is 7.01. The van der Waals surface area contributed by atoms with E-state index in [0.717, 1.165) is 51.6 Å². The lowest BCUT2D eigenvalue weighted by molar-refractivity contribution is -0.137. The first-order valence-corrected chi connectivity index (χ1v) is 9.67. The van der Waals surface area contributed by atoms with E-state index in [9.17, 15) is 4.79 Å². The Morgan fingerprint density at radius 2 is 2.08 bits per heavy atom. The fraction of sp³-hybridized carbons (Fsp3) is 0.842. The van der Waals surface area contributed by atoms with Crippen LogP contribution in [-0.4, -0.2) is 29.9 Å². The van der Waals surface area contributed by atoms with Gasteiger partial charge in [-0.3, -0.25) is 15.1 Å². The molecule has 0 radical (unpaired) electrons. The minimum Gasteiger partial charge on any atom is -0.481 e. The van der Waals surface area contributed by atoms with Crippen LogP contribution in [0.5, 0.6) is 0 Å². The quantitative estimate of drug-likeness (QED) is 0.389. The van der Waals surface area contributed by atoms with E-state index in [1.807, 2.05) is 6.20 Å². The summed E-state index contributed by atoms with van der Waals surface area (Å²) in [5.74, 6) is -0.179. The second-order valence-electron chi connectivity index (χ2n) is 7.01. The normalized spacial score (nSPS) is 27.0. The van der Waals surface area contributed by atoms with Crippen molar-refractivity contribution in [3.63, 3.8) is 0 Å². The summed E-state index contributed by atoms with van der Waals surface area (Å²) in [5.41, 5.74) is 4.38. The molecule has 0 aliphatic carbocycles. The van der Waals surface area contributed by atoms with Crippen LogP contribution in [0.3, 0.4) is 0 Å². The van der Waals surface area contributed by atoms with Crippen LogP contribution in [0.4, 0.5) is 0 Å². The Morgan fingerprint density at radius 1 is 1.25 bits per heavy atom. The molecule has 0 aromatic heterocycles. The molecule has 2 rings (SSSR count). The zero-order chi connectivity index (χ0) is 17.2. The first kappa shape index (κ1) is 19.3. The summed E-state index contributed by atoms with van der Waals surface area (Å²) >= 11 is 0. The lowest BCUT2D eigenvalue weighted by atomic mass is 9.81. The Morgan fingerprint density at radius 3 is 2.88 bits per heavy atom.